The second-order valence-corrected chi connectivity index (χ2v) is 5.12. The molecule has 3 rings (SSSR count). The first kappa shape index (κ1) is 15.7. The average Bonchev–Trinajstić information content (AvgIpc) is 3.02. The van der Waals surface area contributed by atoms with E-state index < -0.39 is 0 Å². The second kappa shape index (κ2) is 6.91. The summed E-state index contributed by atoms with van der Waals surface area (Å²) in [6.45, 7) is 2.46. The van der Waals surface area contributed by atoms with Crippen LogP contribution >= 0.6 is 0 Å². The molecule has 0 bridgehead atoms. The van der Waals surface area contributed by atoms with E-state index in [-0.39, 0.29) is 5.91 Å². The molecule has 0 unspecified atom stereocenters. The van der Waals surface area contributed by atoms with E-state index in [1.165, 1.54) is 0 Å². The minimum absolute atomic E-state index is 0.190. The average molecular weight is 323 g/mol. The number of anilines is 1. The van der Waals surface area contributed by atoms with E-state index in [2.05, 4.69) is 20.8 Å². The standard InChI is InChI=1S/C17H17N5O2/c1-3-24-15-6-4-5-13(11-15)17(23)18-14-9-7-12(8-10-14)16-19-20-21-22(16)2/h4-11H,3H2,1-2H3,(H,18,23). The molecular formula is C17H17N5O2. The van der Waals surface area contributed by atoms with Gasteiger partial charge in [-0.05, 0) is 59.8 Å². The predicted octanol–water partition coefficient (Wildman–Crippen LogP) is 2.53. The van der Waals surface area contributed by atoms with Crippen molar-refractivity contribution in [2.45, 2.75) is 6.92 Å². The SMILES string of the molecule is CCOc1cccc(C(=O)Nc2ccc(-c3nnnn3C)cc2)c1. The van der Waals surface area contributed by atoms with Crippen LogP contribution in [0.4, 0.5) is 5.69 Å². The number of nitrogens with zero attached hydrogens (tertiary/aromatic N) is 4. The third kappa shape index (κ3) is 3.40. The van der Waals surface area contributed by atoms with Gasteiger partial charge in [-0.15, -0.1) is 5.10 Å². The molecule has 0 atom stereocenters. The van der Waals surface area contributed by atoms with Crippen LogP contribution in [0.1, 0.15) is 17.3 Å². The van der Waals surface area contributed by atoms with Crippen LogP contribution in [0.15, 0.2) is 48.5 Å². The largest absolute Gasteiger partial charge is 0.494 e. The number of rotatable bonds is 5. The lowest BCUT2D eigenvalue weighted by Gasteiger charge is -2.08. The number of amides is 1. The van der Waals surface area contributed by atoms with Crippen LogP contribution in [0.3, 0.4) is 0 Å². The molecule has 7 nitrogen and oxygen atoms in total. The van der Waals surface area contributed by atoms with Crippen molar-refractivity contribution in [1.29, 1.82) is 0 Å². The van der Waals surface area contributed by atoms with Gasteiger partial charge in [0.05, 0.1) is 6.61 Å². The number of tetrazole rings is 1. The van der Waals surface area contributed by atoms with Gasteiger partial charge in [0.25, 0.3) is 5.91 Å². The first-order valence-corrected chi connectivity index (χ1v) is 7.54. The highest BCUT2D eigenvalue weighted by Gasteiger charge is 2.09. The maximum atomic E-state index is 12.3. The van der Waals surface area contributed by atoms with Crippen molar-refractivity contribution >= 4 is 11.6 Å². The van der Waals surface area contributed by atoms with Crippen LogP contribution in [0, 0.1) is 0 Å². The molecule has 122 valence electrons. The van der Waals surface area contributed by atoms with Gasteiger partial charge < -0.3 is 10.1 Å². The molecule has 0 spiro atoms. The van der Waals surface area contributed by atoms with Crippen molar-refractivity contribution in [3.8, 4) is 17.1 Å². The van der Waals surface area contributed by atoms with Crippen LogP contribution in [0.2, 0.25) is 0 Å². The number of nitrogens with one attached hydrogen (secondary N) is 1. The van der Waals surface area contributed by atoms with E-state index >= 15 is 0 Å². The van der Waals surface area contributed by atoms with Gasteiger partial charge in [-0.25, -0.2) is 4.68 Å². The second-order valence-electron chi connectivity index (χ2n) is 5.12. The van der Waals surface area contributed by atoms with E-state index in [4.69, 9.17) is 4.74 Å². The lowest BCUT2D eigenvalue weighted by atomic mass is 10.1. The van der Waals surface area contributed by atoms with E-state index in [0.29, 0.717) is 29.4 Å². The maximum Gasteiger partial charge on any atom is 0.255 e. The Hall–Kier alpha value is -3.22. The van der Waals surface area contributed by atoms with Crippen molar-refractivity contribution < 1.29 is 9.53 Å². The van der Waals surface area contributed by atoms with E-state index in [9.17, 15) is 4.79 Å². The van der Waals surface area contributed by atoms with Crippen LogP contribution in [-0.4, -0.2) is 32.7 Å². The predicted molar refractivity (Wildman–Crippen MR) is 89.8 cm³/mol. The number of carbonyl (C=O) groups excluding carboxylic acids is 1. The molecule has 24 heavy (non-hydrogen) atoms. The summed E-state index contributed by atoms with van der Waals surface area (Å²) >= 11 is 0. The van der Waals surface area contributed by atoms with Gasteiger partial charge in [-0.1, -0.05) is 6.07 Å². The van der Waals surface area contributed by atoms with Gasteiger partial charge in [-0.2, -0.15) is 0 Å². The van der Waals surface area contributed by atoms with Crippen molar-refractivity contribution in [2.24, 2.45) is 7.05 Å². The molecule has 1 aromatic heterocycles. The number of hydrogen-bond donors (Lipinski definition) is 1. The Morgan fingerprint density at radius 1 is 1.21 bits per heavy atom. The van der Waals surface area contributed by atoms with E-state index in [1.807, 2.05) is 37.3 Å². The third-order valence-electron chi connectivity index (χ3n) is 3.43. The number of aromatic nitrogens is 4. The molecule has 0 aliphatic heterocycles. The fourth-order valence-electron chi connectivity index (χ4n) is 2.27. The summed E-state index contributed by atoms with van der Waals surface area (Å²) in [5, 5.41) is 14.2. The Bertz CT molecular complexity index is 842. The zero-order valence-corrected chi connectivity index (χ0v) is 13.4. The molecule has 3 aromatic rings. The van der Waals surface area contributed by atoms with Crippen LogP contribution in [-0.2, 0) is 7.05 Å². The normalized spacial score (nSPS) is 10.4. The van der Waals surface area contributed by atoms with Gasteiger partial charge in [0, 0.05) is 23.9 Å². The van der Waals surface area contributed by atoms with Crippen molar-refractivity contribution in [3.63, 3.8) is 0 Å². The number of aryl methyl sites for hydroxylation is 1. The molecule has 0 radical (unpaired) electrons. The first-order chi connectivity index (χ1) is 11.7. The minimum atomic E-state index is -0.190. The summed E-state index contributed by atoms with van der Waals surface area (Å²) < 4.78 is 7.00. The molecule has 0 saturated carbocycles. The zero-order chi connectivity index (χ0) is 16.9. The Kier molecular flexibility index (Phi) is 4.51. The summed E-state index contributed by atoms with van der Waals surface area (Å²) in [4.78, 5) is 12.3. The molecular weight excluding hydrogens is 306 g/mol. The number of benzene rings is 2. The number of carbonyl (C=O) groups is 1. The first-order valence-electron chi connectivity index (χ1n) is 7.54. The molecule has 7 heteroatoms. The summed E-state index contributed by atoms with van der Waals surface area (Å²) in [5.41, 5.74) is 2.11. The lowest BCUT2D eigenvalue weighted by Crippen LogP contribution is -2.12. The van der Waals surface area contributed by atoms with Gasteiger partial charge in [-0.3, -0.25) is 4.79 Å². The number of hydrogen-bond acceptors (Lipinski definition) is 5. The molecule has 0 aliphatic carbocycles. The highest BCUT2D eigenvalue weighted by atomic mass is 16.5. The minimum Gasteiger partial charge on any atom is -0.494 e. The lowest BCUT2D eigenvalue weighted by molar-refractivity contribution is 0.102. The summed E-state index contributed by atoms with van der Waals surface area (Å²) in [6, 6.07) is 14.4. The highest BCUT2D eigenvalue weighted by Crippen LogP contribution is 2.19. The summed E-state index contributed by atoms with van der Waals surface area (Å²) in [7, 11) is 1.77. The van der Waals surface area contributed by atoms with Gasteiger partial charge >= 0.3 is 0 Å². The third-order valence-corrected chi connectivity index (χ3v) is 3.43. The van der Waals surface area contributed by atoms with Crippen LogP contribution in [0.25, 0.3) is 11.4 Å². The van der Waals surface area contributed by atoms with Crippen molar-refractivity contribution in [1.82, 2.24) is 20.2 Å². The molecule has 0 fully saturated rings. The Labute approximate surface area is 139 Å². The van der Waals surface area contributed by atoms with Gasteiger partial charge in [0.2, 0.25) is 0 Å². The molecule has 1 amide bonds. The molecule has 0 aliphatic rings. The summed E-state index contributed by atoms with van der Waals surface area (Å²) in [6.07, 6.45) is 0. The fraction of sp³-hybridized carbons (Fsp3) is 0.176. The van der Waals surface area contributed by atoms with E-state index in [0.717, 1.165) is 5.56 Å². The smallest absolute Gasteiger partial charge is 0.255 e. The molecule has 0 saturated heterocycles. The van der Waals surface area contributed by atoms with Crippen molar-refractivity contribution in [2.75, 3.05) is 11.9 Å². The monoisotopic (exact) mass is 323 g/mol. The van der Waals surface area contributed by atoms with Crippen LogP contribution < -0.4 is 10.1 Å². The van der Waals surface area contributed by atoms with Gasteiger partial charge in [0.1, 0.15) is 5.75 Å². The fourth-order valence-corrected chi connectivity index (χ4v) is 2.27. The Morgan fingerprint density at radius 3 is 2.67 bits per heavy atom. The van der Waals surface area contributed by atoms with Crippen molar-refractivity contribution in [3.05, 3.63) is 54.1 Å². The molecule has 1 heterocycles. The molecule has 1 N–H and O–H groups in total. The van der Waals surface area contributed by atoms with Gasteiger partial charge in [0.15, 0.2) is 5.82 Å². The summed E-state index contributed by atoms with van der Waals surface area (Å²) in [5.74, 6) is 1.15. The highest BCUT2D eigenvalue weighted by molar-refractivity contribution is 6.04. The maximum absolute atomic E-state index is 12.3. The topological polar surface area (TPSA) is 81.9 Å². The number of ether oxygens (including phenoxy) is 1. The Morgan fingerprint density at radius 2 is 2.00 bits per heavy atom. The Balaban J connectivity index is 1.73. The van der Waals surface area contributed by atoms with Crippen LogP contribution in [0.5, 0.6) is 5.75 Å². The molecule has 2 aromatic carbocycles. The van der Waals surface area contributed by atoms with E-state index in [1.54, 1.807) is 29.9 Å². The quantitative estimate of drug-likeness (QED) is 0.780. The zero-order valence-electron chi connectivity index (χ0n) is 13.4.